The van der Waals surface area contributed by atoms with Crippen LogP contribution < -0.4 is 9.47 Å². The fourth-order valence-corrected chi connectivity index (χ4v) is 3.06. The fraction of sp³-hybridized carbons (Fsp3) is 0.250. The Morgan fingerprint density at radius 2 is 1.86 bits per heavy atom. The van der Waals surface area contributed by atoms with Crippen molar-refractivity contribution in [1.29, 1.82) is 0 Å². The SMILES string of the molecule is FC(F)(F)Oc1ccc(Cc2cc(Br)cc3c2OCC3)cc1. The van der Waals surface area contributed by atoms with E-state index in [1.165, 1.54) is 12.1 Å². The Morgan fingerprint density at radius 1 is 1.14 bits per heavy atom. The number of ether oxygens (including phenoxy) is 2. The smallest absolute Gasteiger partial charge is 0.493 e. The molecule has 6 heteroatoms. The molecule has 22 heavy (non-hydrogen) atoms. The van der Waals surface area contributed by atoms with Crippen molar-refractivity contribution in [2.24, 2.45) is 0 Å². The molecule has 0 spiro atoms. The molecule has 0 radical (unpaired) electrons. The zero-order chi connectivity index (χ0) is 15.7. The molecule has 0 saturated heterocycles. The number of rotatable bonds is 3. The molecule has 0 fully saturated rings. The predicted octanol–water partition coefficient (Wildman–Crippen LogP) is 4.87. The van der Waals surface area contributed by atoms with E-state index < -0.39 is 6.36 Å². The van der Waals surface area contributed by atoms with Crippen LogP contribution in [0.3, 0.4) is 0 Å². The molecule has 0 saturated carbocycles. The van der Waals surface area contributed by atoms with Gasteiger partial charge in [-0.25, -0.2) is 0 Å². The van der Waals surface area contributed by atoms with Crippen LogP contribution in [0.2, 0.25) is 0 Å². The molecule has 0 aliphatic carbocycles. The quantitative estimate of drug-likeness (QED) is 0.764. The maximum atomic E-state index is 12.1. The molecule has 2 aromatic rings. The van der Waals surface area contributed by atoms with Crippen molar-refractivity contribution >= 4 is 15.9 Å². The van der Waals surface area contributed by atoms with E-state index in [0.29, 0.717) is 13.0 Å². The molecule has 0 unspecified atom stereocenters. The van der Waals surface area contributed by atoms with Crippen molar-refractivity contribution in [3.05, 3.63) is 57.6 Å². The van der Waals surface area contributed by atoms with Crippen LogP contribution in [-0.4, -0.2) is 13.0 Å². The summed E-state index contributed by atoms with van der Waals surface area (Å²) in [5, 5.41) is 0. The Balaban J connectivity index is 1.80. The van der Waals surface area contributed by atoms with Gasteiger partial charge in [0, 0.05) is 17.3 Å². The number of alkyl halides is 3. The van der Waals surface area contributed by atoms with Crippen LogP contribution in [0, 0.1) is 0 Å². The number of benzene rings is 2. The van der Waals surface area contributed by atoms with Gasteiger partial charge in [-0.2, -0.15) is 0 Å². The zero-order valence-corrected chi connectivity index (χ0v) is 13.0. The first kappa shape index (κ1) is 15.2. The largest absolute Gasteiger partial charge is 0.573 e. The molecule has 2 nitrogen and oxygen atoms in total. The van der Waals surface area contributed by atoms with E-state index >= 15 is 0 Å². The second-order valence-corrected chi connectivity index (χ2v) is 5.94. The maximum Gasteiger partial charge on any atom is 0.573 e. The van der Waals surface area contributed by atoms with Gasteiger partial charge in [0.1, 0.15) is 11.5 Å². The minimum Gasteiger partial charge on any atom is -0.493 e. The Hall–Kier alpha value is -1.69. The first-order chi connectivity index (χ1) is 10.4. The van der Waals surface area contributed by atoms with Crippen molar-refractivity contribution in [2.75, 3.05) is 6.61 Å². The molecule has 2 aromatic carbocycles. The van der Waals surface area contributed by atoms with Crippen LogP contribution in [0.15, 0.2) is 40.9 Å². The Bertz CT molecular complexity index is 681. The third-order valence-electron chi connectivity index (χ3n) is 3.38. The van der Waals surface area contributed by atoms with Gasteiger partial charge in [-0.15, -0.1) is 13.2 Å². The van der Waals surface area contributed by atoms with Crippen LogP contribution in [0.4, 0.5) is 13.2 Å². The Labute approximate surface area is 134 Å². The van der Waals surface area contributed by atoms with Crippen molar-refractivity contribution in [3.8, 4) is 11.5 Å². The van der Waals surface area contributed by atoms with E-state index in [-0.39, 0.29) is 5.75 Å². The standard InChI is InChI=1S/C16H12BrF3O2/c17-13-8-11-5-6-21-15(11)12(9-13)7-10-1-3-14(4-2-10)22-16(18,19)20/h1-4,8-9H,5-7H2. The highest BCUT2D eigenvalue weighted by Crippen LogP contribution is 2.34. The lowest BCUT2D eigenvalue weighted by atomic mass is 10.0. The monoisotopic (exact) mass is 372 g/mol. The molecular formula is C16H12BrF3O2. The second kappa shape index (κ2) is 5.83. The topological polar surface area (TPSA) is 18.5 Å². The van der Waals surface area contributed by atoms with Gasteiger partial charge in [0.05, 0.1) is 6.61 Å². The van der Waals surface area contributed by atoms with E-state index in [1.807, 2.05) is 12.1 Å². The lowest BCUT2D eigenvalue weighted by molar-refractivity contribution is -0.274. The van der Waals surface area contributed by atoms with E-state index in [0.717, 1.165) is 33.3 Å². The summed E-state index contributed by atoms with van der Waals surface area (Å²) in [6, 6.07) is 9.91. The highest BCUT2D eigenvalue weighted by molar-refractivity contribution is 9.10. The average molecular weight is 373 g/mol. The third-order valence-corrected chi connectivity index (χ3v) is 3.83. The van der Waals surface area contributed by atoms with E-state index in [9.17, 15) is 13.2 Å². The predicted molar refractivity (Wildman–Crippen MR) is 79.3 cm³/mol. The average Bonchev–Trinajstić information content (AvgIpc) is 2.87. The Morgan fingerprint density at radius 3 is 2.55 bits per heavy atom. The summed E-state index contributed by atoms with van der Waals surface area (Å²) < 4.78 is 46.9. The van der Waals surface area contributed by atoms with E-state index in [4.69, 9.17) is 4.74 Å². The van der Waals surface area contributed by atoms with Crippen LogP contribution >= 0.6 is 15.9 Å². The van der Waals surface area contributed by atoms with Gasteiger partial charge in [-0.05, 0) is 41.0 Å². The molecule has 3 rings (SSSR count). The van der Waals surface area contributed by atoms with Gasteiger partial charge in [0.2, 0.25) is 0 Å². The number of hydrogen-bond acceptors (Lipinski definition) is 2. The van der Waals surface area contributed by atoms with Crippen molar-refractivity contribution in [3.63, 3.8) is 0 Å². The van der Waals surface area contributed by atoms with Gasteiger partial charge in [0.25, 0.3) is 0 Å². The summed E-state index contributed by atoms with van der Waals surface area (Å²) in [5.41, 5.74) is 3.07. The molecule has 0 aromatic heterocycles. The number of halogens is 4. The highest BCUT2D eigenvalue weighted by Gasteiger charge is 2.31. The normalized spacial score (nSPS) is 13.6. The second-order valence-electron chi connectivity index (χ2n) is 5.02. The molecule has 1 aliphatic heterocycles. The van der Waals surface area contributed by atoms with Gasteiger partial charge in [-0.1, -0.05) is 28.1 Å². The van der Waals surface area contributed by atoms with Crippen molar-refractivity contribution in [1.82, 2.24) is 0 Å². The van der Waals surface area contributed by atoms with Crippen LogP contribution in [0.25, 0.3) is 0 Å². The third kappa shape index (κ3) is 3.55. The van der Waals surface area contributed by atoms with E-state index in [2.05, 4.69) is 20.7 Å². The molecule has 116 valence electrons. The van der Waals surface area contributed by atoms with Crippen molar-refractivity contribution < 1.29 is 22.6 Å². The summed E-state index contributed by atoms with van der Waals surface area (Å²) in [6.45, 7) is 0.664. The number of fused-ring (bicyclic) bond motifs is 1. The lowest BCUT2D eigenvalue weighted by Crippen LogP contribution is -2.17. The maximum absolute atomic E-state index is 12.1. The first-order valence-electron chi connectivity index (χ1n) is 6.69. The Kier molecular flexibility index (Phi) is 4.04. The van der Waals surface area contributed by atoms with Crippen LogP contribution in [0.1, 0.15) is 16.7 Å². The summed E-state index contributed by atoms with van der Waals surface area (Å²) in [4.78, 5) is 0. The summed E-state index contributed by atoms with van der Waals surface area (Å²) in [7, 11) is 0. The summed E-state index contributed by atoms with van der Waals surface area (Å²) >= 11 is 3.47. The first-order valence-corrected chi connectivity index (χ1v) is 7.49. The molecular weight excluding hydrogens is 361 g/mol. The molecule has 0 N–H and O–H groups in total. The lowest BCUT2D eigenvalue weighted by Gasteiger charge is -2.11. The van der Waals surface area contributed by atoms with Gasteiger partial charge in [0.15, 0.2) is 0 Å². The zero-order valence-electron chi connectivity index (χ0n) is 11.4. The fourth-order valence-electron chi connectivity index (χ4n) is 2.51. The molecule has 1 heterocycles. The van der Waals surface area contributed by atoms with Gasteiger partial charge >= 0.3 is 6.36 Å². The van der Waals surface area contributed by atoms with Crippen LogP contribution in [0.5, 0.6) is 11.5 Å². The van der Waals surface area contributed by atoms with Crippen LogP contribution in [-0.2, 0) is 12.8 Å². The summed E-state index contributed by atoms with van der Waals surface area (Å²) in [6.07, 6.45) is -3.20. The molecule has 1 aliphatic rings. The minimum absolute atomic E-state index is 0.216. The molecule has 0 amide bonds. The van der Waals surface area contributed by atoms with Gasteiger partial charge < -0.3 is 9.47 Å². The molecule has 0 bridgehead atoms. The highest BCUT2D eigenvalue weighted by atomic mass is 79.9. The summed E-state index contributed by atoms with van der Waals surface area (Å²) in [5.74, 6) is 0.672. The van der Waals surface area contributed by atoms with Crippen molar-refractivity contribution in [2.45, 2.75) is 19.2 Å². The minimum atomic E-state index is -4.67. The number of hydrogen-bond donors (Lipinski definition) is 0. The van der Waals surface area contributed by atoms with E-state index in [1.54, 1.807) is 12.1 Å². The van der Waals surface area contributed by atoms with Gasteiger partial charge in [-0.3, -0.25) is 0 Å². The molecule has 0 atom stereocenters.